The Balaban J connectivity index is 2.14. The SMILES string of the molecule is OB(O)c1cc(-c2ccccc2)c2[nH]c3ccccc3c2c1. The standard InChI is InChI=1S/C18H14BNO2/c21-19(22)13-10-15(12-6-2-1-3-7-12)18-16(11-13)14-8-4-5-9-17(14)20-18/h1-11,20-22H. The number of benzene rings is 3. The van der Waals surface area contributed by atoms with E-state index in [0.29, 0.717) is 5.46 Å². The van der Waals surface area contributed by atoms with Crippen molar-refractivity contribution in [2.24, 2.45) is 0 Å². The van der Waals surface area contributed by atoms with Crippen molar-refractivity contribution in [1.29, 1.82) is 0 Å². The van der Waals surface area contributed by atoms with Gasteiger partial charge in [0.15, 0.2) is 0 Å². The lowest BCUT2D eigenvalue weighted by molar-refractivity contribution is 0.426. The molecule has 106 valence electrons. The molecule has 0 radical (unpaired) electrons. The number of rotatable bonds is 2. The van der Waals surface area contributed by atoms with E-state index in [9.17, 15) is 10.0 Å². The number of H-pyrrole nitrogens is 1. The molecule has 0 amide bonds. The molecule has 0 aliphatic heterocycles. The molecule has 0 spiro atoms. The van der Waals surface area contributed by atoms with E-state index in [1.807, 2.05) is 66.7 Å². The number of aromatic nitrogens is 1. The Labute approximate surface area is 128 Å². The molecular formula is C18H14BNO2. The maximum atomic E-state index is 9.61. The molecule has 4 rings (SSSR count). The molecule has 0 saturated heterocycles. The first kappa shape index (κ1) is 13.1. The topological polar surface area (TPSA) is 56.2 Å². The van der Waals surface area contributed by atoms with Crippen LogP contribution in [0, 0.1) is 0 Å². The van der Waals surface area contributed by atoms with Gasteiger partial charge in [-0.3, -0.25) is 0 Å². The van der Waals surface area contributed by atoms with Crippen molar-refractivity contribution < 1.29 is 10.0 Å². The third-order valence-corrected chi connectivity index (χ3v) is 4.02. The van der Waals surface area contributed by atoms with E-state index in [1.54, 1.807) is 0 Å². The summed E-state index contributed by atoms with van der Waals surface area (Å²) in [6.45, 7) is 0. The Hall–Kier alpha value is -2.56. The van der Waals surface area contributed by atoms with E-state index in [-0.39, 0.29) is 0 Å². The van der Waals surface area contributed by atoms with E-state index < -0.39 is 7.12 Å². The van der Waals surface area contributed by atoms with Gasteiger partial charge in [-0.25, -0.2) is 0 Å². The predicted molar refractivity (Wildman–Crippen MR) is 91.1 cm³/mol. The van der Waals surface area contributed by atoms with Crippen LogP contribution in [0.4, 0.5) is 0 Å². The maximum absolute atomic E-state index is 9.61. The molecule has 3 N–H and O–H groups in total. The summed E-state index contributed by atoms with van der Waals surface area (Å²) in [7, 11) is -1.49. The molecule has 4 aromatic rings. The molecule has 0 bridgehead atoms. The summed E-state index contributed by atoms with van der Waals surface area (Å²) in [6, 6.07) is 21.7. The van der Waals surface area contributed by atoms with Crippen LogP contribution in [-0.2, 0) is 0 Å². The van der Waals surface area contributed by atoms with Crippen molar-refractivity contribution >= 4 is 34.4 Å². The zero-order valence-electron chi connectivity index (χ0n) is 11.8. The lowest BCUT2D eigenvalue weighted by atomic mass is 9.78. The van der Waals surface area contributed by atoms with Gasteiger partial charge in [0.05, 0.1) is 5.52 Å². The summed E-state index contributed by atoms with van der Waals surface area (Å²) in [5.74, 6) is 0. The van der Waals surface area contributed by atoms with Crippen molar-refractivity contribution in [1.82, 2.24) is 4.98 Å². The van der Waals surface area contributed by atoms with Gasteiger partial charge in [0.2, 0.25) is 0 Å². The lowest BCUT2D eigenvalue weighted by Gasteiger charge is -2.08. The smallest absolute Gasteiger partial charge is 0.423 e. The van der Waals surface area contributed by atoms with Crippen molar-refractivity contribution in [2.45, 2.75) is 0 Å². The fraction of sp³-hybridized carbons (Fsp3) is 0. The van der Waals surface area contributed by atoms with Crippen molar-refractivity contribution in [3.05, 3.63) is 66.7 Å². The highest BCUT2D eigenvalue weighted by molar-refractivity contribution is 6.59. The largest absolute Gasteiger partial charge is 0.488 e. The highest BCUT2D eigenvalue weighted by Crippen LogP contribution is 2.32. The number of hydrogen-bond acceptors (Lipinski definition) is 2. The van der Waals surface area contributed by atoms with Crippen LogP contribution in [0.2, 0.25) is 0 Å². The van der Waals surface area contributed by atoms with Gasteiger partial charge in [-0.15, -0.1) is 0 Å². The normalized spacial score (nSPS) is 11.2. The molecule has 0 aliphatic carbocycles. The summed E-state index contributed by atoms with van der Waals surface area (Å²) in [5.41, 5.74) is 4.56. The zero-order chi connectivity index (χ0) is 15.1. The average Bonchev–Trinajstić information content (AvgIpc) is 2.93. The van der Waals surface area contributed by atoms with Crippen LogP contribution >= 0.6 is 0 Å². The minimum Gasteiger partial charge on any atom is -0.423 e. The van der Waals surface area contributed by atoms with Gasteiger partial charge in [0, 0.05) is 21.9 Å². The van der Waals surface area contributed by atoms with Gasteiger partial charge in [-0.2, -0.15) is 0 Å². The first-order chi connectivity index (χ1) is 10.7. The summed E-state index contributed by atoms with van der Waals surface area (Å²) < 4.78 is 0. The fourth-order valence-electron chi connectivity index (χ4n) is 2.97. The van der Waals surface area contributed by atoms with Gasteiger partial charge in [0.25, 0.3) is 0 Å². The van der Waals surface area contributed by atoms with Crippen LogP contribution in [0.3, 0.4) is 0 Å². The second-order valence-electron chi connectivity index (χ2n) is 5.40. The molecule has 0 saturated carbocycles. The van der Waals surface area contributed by atoms with Gasteiger partial charge in [0.1, 0.15) is 0 Å². The van der Waals surface area contributed by atoms with Gasteiger partial charge < -0.3 is 15.0 Å². The zero-order valence-corrected chi connectivity index (χ0v) is 11.8. The van der Waals surface area contributed by atoms with Crippen molar-refractivity contribution in [2.75, 3.05) is 0 Å². The van der Waals surface area contributed by atoms with Crippen LogP contribution < -0.4 is 5.46 Å². The van der Waals surface area contributed by atoms with Crippen LogP contribution in [0.15, 0.2) is 66.7 Å². The molecule has 4 heteroatoms. The monoisotopic (exact) mass is 287 g/mol. The van der Waals surface area contributed by atoms with E-state index in [4.69, 9.17) is 0 Å². The first-order valence-corrected chi connectivity index (χ1v) is 7.20. The van der Waals surface area contributed by atoms with E-state index >= 15 is 0 Å². The highest BCUT2D eigenvalue weighted by Gasteiger charge is 2.17. The molecular weight excluding hydrogens is 273 g/mol. The summed E-state index contributed by atoms with van der Waals surface area (Å²) >= 11 is 0. The highest BCUT2D eigenvalue weighted by atomic mass is 16.4. The second-order valence-corrected chi connectivity index (χ2v) is 5.40. The van der Waals surface area contributed by atoms with Gasteiger partial charge in [-0.05, 0) is 17.1 Å². The summed E-state index contributed by atoms with van der Waals surface area (Å²) in [4.78, 5) is 3.45. The van der Waals surface area contributed by atoms with E-state index in [2.05, 4.69) is 4.98 Å². The minimum atomic E-state index is -1.49. The van der Waals surface area contributed by atoms with Crippen LogP contribution in [-0.4, -0.2) is 22.2 Å². The Bertz CT molecular complexity index is 961. The van der Waals surface area contributed by atoms with Crippen LogP contribution in [0.25, 0.3) is 32.9 Å². The Morgan fingerprint density at radius 1 is 0.773 bits per heavy atom. The molecule has 0 unspecified atom stereocenters. The van der Waals surface area contributed by atoms with Gasteiger partial charge >= 0.3 is 7.12 Å². The molecule has 0 aliphatic rings. The fourth-order valence-corrected chi connectivity index (χ4v) is 2.97. The molecule has 3 aromatic carbocycles. The number of hydrogen-bond donors (Lipinski definition) is 3. The number of para-hydroxylation sites is 1. The van der Waals surface area contributed by atoms with E-state index in [0.717, 1.165) is 32.9 Å². The summed E-state index contributed by atoms with van der Waals surface area (Å²) in [5, 5.41) is 21.3. The van der Waals surface area contributed by atoms with E-state index in [1.165, 1.54) is 0 Å². The first-order valence-electron chi connectivity index (χ1n) is 7.20. The molecule has 3 nitrogen and oxygen atoms in total. The van der Waals surface area contributed by atoms with Crippen LogP contribution in [0.5, 0.6) is 0 Å². The third kappa shape index (κ3) is 2.01. The molecule has 1 heterocycles. The third-order valence-electron chi connectivity index (χ3n) is 4.02. The number of aromatic amines is 1. The van der Waals surface area contributed by atoms with Crippen molar-refractivity contribution in [3.63, 3.8) is 0 Å². The maximum Gasteiger partial charge on any atom is 0.488 e. The van der Waals surface area contributed by atoms with Crippen LogP contribution in [0.1, 0.15) is 0 Å². The molecule has 0 fully saturated rings. The van der Waals surface area contributed by atoms with Gasteiger partial charge in [-0.1, -0.05) is 60.7 Å². The number of fused-ring (bicyclic) bond motifs is 3. The number of nitrogens with one attached hydrogen (secondary N) is 1. The molecule has 1 aromatic heterocycles. The predicted octanol–water partition coefficient (Wildman–Crippen LogP) is 2.67. The Morgan fingerprint density at radius 3 is 2.27 bits per heavy atom. The minimum absolute atomic E-state index is 0.496. The lowest BCUT2D eigenvalue weighted by Crippen LogP contribution is -2.29. The second kappa shape index (κ2) is 5.02. The Kier molecular flexibility index (Phi) is 3.00. The average molecular weight is 287 g/mol. The quantitative estimate of drug-likeness (QED) is 0.496. The molecule has 0 atom stereocenters. The van der Waals surface area contributed by atoms with Crippen molar-refractivity contribution in [3.8, 4) is 11.1 Å². The molecule has 22 heavy (non-hydrogen) atoms. The summed E-state index contributed by atoms with van der Waals surface area (Å²) in [6.07, 6.45) is 0. The Morgan fingerprint density at radius 2 is 1.50 bits per heavy atom.